The first-order valence-electron chi connectivity index (χ1n) is 6.89. The molecule has 0 spiro atoms. The van der Waals surface area contributed by atoms with E-state index in [4.69, 9.17) is 0 Å². The first-order valence-corrected chi connectivity index (χ1v) is 6.89. The van der Waals surface area contributed by atoms with Gasteiger partial charge in [0, 0.05) is 38.1 Å². The summed E-state index contributed by atoms with van der Waals surface area (Å²) >= 11 is 0. The van der Waals surface area contributed by atoms with Crippen molar-refractivity contribution in [3.05, 3.63) is 24.0 Å². The Balaban J connectivity index is 1.68. The lowest BCUT2D eigenvalue weighted by molar-refractivity contribution is 0.251. The summed E-state index contributed by atoms with van der Waals surface area (Å²) in [6.45, 7) is 10.2. The van der Waals surface area contributed by atoms with Crippen molar-refractivity contribution in [1.29, 1.82) is 0 Å². The van der Waals surface area contributed by atoms with Crippen LogP contribution in [0, 0.1) is 0 Å². The molecule has 1 saturated heterocycles. The van der Waals surface area contributed by atoms with Gasteiger partial charge in [-0.05, 0) is 51.4 Å². The normalized spacial score (nSPS) is 18.7. The molecule has 3 heteroatoms. The summed E-state index contributed by atoms with van der Waals surface area (Å²) in [4.78, 5) is 2.59. The van der Waals surface area contributed by atoms with Gasteiger partial charge in [0.2, 0.25) is 0 Å². The number of likely N-dealkylation sites (tertiary alicyclic amines) is 1. The lowest BCUT2D eigenvalue weighted by atomic mass is 10.2. The minimum absolute atomic E-state index is 0.672. The maximum absolute atomic E-state index is 3.56. The lowest BCUT2D eigenvalue weighted by Gasteiger charge is -2.23. The van der Waals surface area contributed by atoms with Gasteiger partial charge in [0.05, 0.1) is 0 Å². The van der Waals surface area contributed by atoms with E-state index in [1.54, 1.807) is 0 Å². The van der Waals surface area contributed by atoms with Crippen LogP contribution in [-0.4, -0.2) is 35.1 Å². The van der Waals surface area contributed by atoms with Crippen LogP contribution in [0.25, 0.3) is 0 Å². The van der Waals surface area contributed by atoms with Crippen LogP contribution in [0.2, 0.25) is 0 Å². The Hall–Kier alpha value is -0.800. The molecule has 2 rings (SSSR count). The molecule has 1 aromatic heterocycles. The Bertz CT molecular complexity index is 326. The van der Waals surface area contributed by atoms with Crippen LogP contribution in [0.15, 0.2) is 18.5 Å². The fourth-order valence-electron chi connectivity index (χ4n) is 2.53. The average molecular weight is 235 g/mol. The van der Waals surface area contributed by atoms with E-state index in [-0.39, 0.29) is 0 Å². The van der Waals surface area contributed by atoms with E-state index in [1.807, 2.05) is 0 Å². The van der Waals surface area contributed by atoms with Crippen LogP contribution in [0.3, 0.4) is 0 Å². The molecular weight excluding hydrogens is 210 g/mol. The summed E-state index contributed by atoms with van der Waals surface area (Å²) in [6, 6.07) is 2.88. The summed E-state index contributed by atoms with van der Waals surface area (Å²) in [5, 5.41) is 3.56. The Morgan fingerprint density at radius 2 is 2.12 bits per heavy atom. The van der Waals surface area contributed by atoms with Crippen LogP contribution in [0.4, 0.5) is 0 Å². The average Bonchev–Trinajstić information content (AvgIpc) is 3.00. The predicted octanol–water partition coefficient (Wildman–Crippen LogP) is 2.08. The van der Waals surface area contributed by atoms with Gasteiger partial charge in [0.25, 0.3) is 0 Å². The molecule has 1 N–H and O–H groups in total. The summed E-state index contributed by atoms with van der Waals surface area (Å²) < 4.78 is 2.22. The van der Waals surface area contributed by atoms with Gasteiger partial charge in [-0.15, -0.1) is 0 Å². The first-order chi connectivity index (χ1) is 8.29. The molecule has 1 unspecified atom stereocenters. The maximum atomic E-state index is 3.56. The molecule has 1 atom stereocenters. The van der Waals surface area contributed by atoms with E-state index in [0.29, 0.717) is 6.04 Å². The second-order valence-electron chi connectivity index (χ2n) is 5.07. The molecule has 0 saturated carbocycles. The van der Waals surface area contributed by atoms with Crippen molar-refractivity contribution >= 4 is 0 Å². The zero-order valence-corrected chi connectivity index (χ0v) is 11.2. The van der Waals surface area contributed by atoms with Crippen molar-refractivity contribution in [2.75, 3.05) is 19.6 Å². The number of hydrogen-bond acceptors (Lipinski definition) is 2. The van der Waals surface area contributed by atoms with Gasteiger partial charge in [0.1, 0.15) is 0 Å². The molecule has 1 aliphatic rings. The molecule has 0 amide bonds. The fraction of sp³-hybridized carbons (Fsp3) is 0.714. The highest BCUT2D eigenvalue weighted by Gasteiger charge is 2.17. The SMILES string of the molecule is CCn1ccc(CNCC(C)N2CCCC2)c1. The van der Waals surface area contributed by atoms with Gasteiger partial charge in [-0.3, -0.25) is 4.90 Å². The highest BCUT2D eigenvalue weighted by atomic mass is 15.2. The molecular formula is C14H25N3. The molecule has 3 nitrogen and oxygen atoms in total. The minimum Gasteiger partial charge on any atom is -0.354 e. The number of nitrogens with zero attached hydrogens (tertiary/aromatic N) is 2. The minimum atomic E-state index is 0.672. The van der Waals surface area contributed by atoms with Crippen molar-refractivity contribution < 1.29 is 0 Å². The van der Waals surface area contributed by atoms with E-state index in [2.05, 4.69) is 47.1 Å². The third kappa shape index (κ3) is 3.58. The quantitative estimate of drug-likeness (QED) is 0.814. The third-order valence-corrected chi connectivity index (χ3v) is 3.71. The van der Waals surface area contributed by atoms with Crippen molar-refractivity contribution in [3.8, 4) is 0 Å². The smallest absolute Gasteiger partial charge is 0.0221 e. The molecule has 0 bridgehead atoms. The summed E-state index contributed by atoms with van der Waals surface area (Å²) in [7, 11) is 0. The summed E-state index contributed by atoms with van der Waals surface area (Å²) in [5.41, 5.74) is 1.39. The Labute approximate surface area is 105 Å². The molecule has 0 aliphatic carbocycles. The molecule has 0 aromatic carbocycles. The number of rotatable bonds is 6. The topological polar surface area (TPSA) is 20.2 Å². The molecule has 96 valence electrons. The maximum Gasteiger partial charge on any atom is 0.0221 e. The van der Waals surface area contributed by atoms with E-state index in [9.17, 15) is 0 Å². The van der Waals surface area contributed by atoms with Gasteiger partial charge < -0.3 is 9.88 Å². The number of hydrogen-bond donors (Lipinski definition) is 1. The van der Waals surface area contributed by atoms with Crippen molar-refractivity contribution in [2.45, 2.75) is 45.8 Å². The van der Waals surface area contributed by atoms with E-state index < -0.39 is 0 Å². The van der Waals surface area contributed by atoms with Crippen molar-refractivity contribution in [2.24, 2.45) is 0 Å². The van der Waals surface area contributed by atoms with Crippen LogP contribution in [-0.2, 0) is 13.1 Å². The van der Waals surface area contributed by atoms with E-state index >= 15 is 0 Å². The van der Waals surface area contributed by atoms with Gasteiger partial charge in [-0.1, -0.05) is 0 Å². The monoisotopic (exact) mass is 235 g/mol. The number of aryl methyl sites for hydroxylation is 1. The molecule has 1 aromatic rings. The standard InChI is InChI=1S/C14H25N3/c1-3-16-9-6-14(12-16)11-15-10-13(2)17-7-4-5-8-17/h6,9,12-13,15H,3-5,7-8,10-11H2,1-2H3. The van der Waals surface area contributed by atoms with Crippen molar-refractivity contribution in [1.82, 2.24) is 14.8 Å². The van der Waals surface area contributed by atoms with Crippen LogP contribution < -0.4 is 5.32 Å². The summed E-state index contributed by atoms with van der Waals surface area (Å²) in [5.74, 6) is 0. The van der Waals surface area contributed by atoms with Gasteiger partial charge in [-0.2, -0.15) is 0 Å². The largest absolute Gasteiger partial charge is 0.354 e. The lowest BCUT2D eigenvalue weighted by Crippen LogP contribution is -2.38. The third-order valence-electron chi connectivity index (χ3n) is 3.71. The second kappa shape index (κ2) is 6.22. The first kappa shape index (κ1) is 12.7. The van der Waals surface area contributed by atoms with Crippen molar-refractivity contribution in [3.63, 3.8) is 0 Å². The molecule has 17 heavy (non-hydrogen) atoms. The molecule has 1 fully saturated rings. The van der Waals surface area contributed by atoms with Gasteiger partial charge in [0.15, 0.2) is 0 Å². The molecule has 2 heterocycles. The number of aromatic nitrogens is 1. The molecule has 0 radical (unpaired) electrons. The Morgan fingerprint density at radius 3 is 2.76 bits per heavy atom. The Kier molecular flexibility index (Phi) is 4.63. The van der Waals surface area contributed by atoms with Crippen LogP contribution in [0.1, 0.15) is 32.3 Å². The van der Waals surface area contributed by atoms with E-state index in [0.717, 1.165) is 19.6 Å². The number of nitrogens with one attached hydrogen (secondary N) is 1. The summed E-state index contributed by atoms with van der Waals surface area (Å²) in [6.07, 6.45) is 7.14. The zero-order chi connectivity index (χ0) is 12.1. The van der Waals surface area contributed by atoms with Crippen LogP contribution >= 0.6 is 0 Å². The molecule has 1 aliphatic heterocycles. The zero-order valence-electron chi connectivity index (χ0n) is 11.2. The fourth-order valence-corrected chi connectivity index (χ4v) is 2.53. The highest BCUT2D eigenvalue weighted by molar-refractivity contribution is 5.09. The van der Waals surface area contributed by atoms with Gasteiger partial charge in [-0.25, -0.2) is 0 Å². The van der Waals surface area contributed by atoms with Gasteiger partial charge >= 0.3 is 0 Å². The van der Waals surface area contributed by atoms with E-state index in [1.165, 1.54) is 31.5 Å². The highest BCUT2D eigenvalue weighted by Crippen LogP contribution is 2.10. The Morgan fingerprint density at radius 1 is 1.35 bits per heavy atom. The second-order valence-corrected chi connectivity index (χ2v) is 5.07. The van der Waals surface area contributed by atoms with Crippen LogP contribution in [0.5, 0.6) is 0 Å². The predicted molar refractivity (Wildman–Crippen MR) is 72.1 cm³/mol.